The molecule has 0 heterocycles. The van der Waals surface area contributed by atoms with Crippen LogP contribution in [0.15, 0.2) is 35.5 Å². The van der Waals surface area contributed by atoms with Crippen LogP contribution in [0.1, 0.15) is 0 Å². The van der Waals surface area contributed by atoms with Gasteiger partial charge < -0.3 is 60.0 Å². The molecular formula is C27H48FeN6O12. The van der Waals surface area contributed by atoms with Gasteiger partial charge in [0.25, 0.3) is 17.7 Å². The third-order valence-corrected chi connectivity index (χ3v) is 5.09. The van der Waals surface area contributed by atoms with Crippen LogP contribution in [0.4, 0.5) is 0 Å². The van der Waals surface area contributed by atoms with E-state index in [0.717, 1.165) is 32.9 Å². The maximum atomic E-state index is 11.3. The second-order valence-corrected chi connectivity index (χ2v) is 9.64. The zero-order chi connectivity index (χ0) is 36.0. The Balaban J connectivity index is -0.000000285. The minimum absolute atomic E-state index is 0. The van der Waals surface area contributed by atoms with Crippen molar-refractivity contribution in [3.05, 3.63) is 35.5 Å². The number of hydrogen-bond acceptors (Lipinski definition) is 12. The van der Waals surface area contributed by atoms with Crippen LogP contribution in [0.5, 0.6) is 0 Å². The first kappa shape index (κ1) is 48.7. The number of hydrogen-bond donors (Lipinski definition) is 6. The number of carbonyl (C=O) groups is 6. The van der Waals surface area contributed by atoms with E-state index < -0.39 is 52.7 Å². The molecule has 0 saturated carbocycles. The number of aliphatic hydroxyl groups is 6. The molecule has 266 valence electrons. The van der Waals surface area contributed by atoms with Crippen molar-refractivity contribution in [1.29, 1.82) is 0 Å². The minimum Gasteiger partial charge on any atom is -0.503 e. The maximum absolute atomic E-state index is 11.3. The molecule has 0 aromatic heterocycles. The molecule has 0 aliphatic rings. The van der Waals surface area contributed by atoms with Crippen LogP contribution in [-0.4, -0.2) is 198 Å². The first-order chi connectivity index (χ1) is 20.7. The molecule has 0 unspecified atom stereocenters. The van der Waals surface area contributed by atoms with Crippen LogP contribution in [0.3, 0.4) is 0 Å². The second kappa shape index (κ2) is 26.1. The largest absolute Gasteiger partial charge is 0.503 e. The zero-order valence-electron chi connectivity index (χ0n) is 27.6. The Bertz CT molecular complexity index is 960. The Kier molecular flexibility index (Phi) is 27.6. The van der Waals surface area contributed by atoms with Crippen LogP contribution in [0, 0.1) is 0 Å². The van der Waals surface area contributed by atoms with Crippen molar-refractivity contribution in [3.8, 4) is 0 Å². The van der Waals surface area contributed by atoms with E-state index in [9.17, 15) is 44.1 Å². The van der Waals surface area contributed by atoms with Gasteiger partial charge in [-0.25, -0.2) is 0 Å². The smallest absolute Gasteiger partial charge is 0.288 e. The zero-order valence-corrected chi connectivity index (χ0v) is 28.7. The monoisotopic (exact) mass is 704 g/mol. The molecule has 19 heteroatoms. The third-order valence-electron chi connectivity index (χ3n) is 5.09. The maximum Gasteiger partial charge on any atom is 0.288 e. The molecular weight excluding hydrogens is 656 g/mol. The standard InChI is InChI=1S/3C9H16N2O4.Fe/c3*1-10(2)9(15)7(13)6-8(14)11(3)4-5-12;/h3*6,12-13H,4-5H2,1-3H3;. The van der Waals surface area contributed by atoms with Crippen molar-refractivity contribution in [2.75, 3.05) is 103 Å². The fourth-order valence-electron chi connectivity index (χ4n) is 2.33. The van der Waals surface area contributed by atoms with Gasteiger partial charge in [-0.15, -0.1) is 0 Å². The van der Waals surface area contributed by atoms with Gasteiger partial charge in [-0.2, -0.15) is 0 Å². The van der Waals surface area contributed by atoms with Crippen LogP contribution in [0.2, 0.25) is 0 Å². The molecule has 0 bridgehead atoms. The van der Waals surface area contributed by atoms with E-state index in [2.05, 4.69) is 0 Å². The molecule has 0 radical (unpaired) electrons. The predicted octanol–water partition coefficient (Wildman–Crippen LogP) is -3.10. The molecule has 6 N–H and O–H groups in total. The Morgan fingerprint density at radius 2 is 0.609 bits per heavy atom. The minimum atomic E-state index is -0.638. The third kappa shape index (κ3) is 21.5. The average Bonchev–Trinajstić information content (AvgIpc) is 2.96. The molecule has 0 fully saturated rings. The van der Waals surface area contributed by atoms with Crippen molar-refractivity contribution in [2.45, 2.75) is 0 Å². The van der Waals surface area contributed by atoms with Crippen molar-refractivity contribution in [1.82, 2.24) is 29.4 Å². The first-order valence-electron chi connectivity index (χ1n) is 13.1. The van der Waals surface area contributed by atoms with E-state index in [1.165, 1.54) is 78.1 Å². The number of nitrogens with zero attached hydrogens (tertiary/aromatic N) is 6. The molecule has 0 spiro atoms. The van der Waals surface area contributed by atoms with E-state index in [0.29, 0.717) is 0 Å². The van der Waals surface area contributed by atoms with E-state index in [4.69, 9.17) is 15.3 Å². The van der Waals surface area contributed by atoms with Gasteiger partial charge in [-0.05, 0) is 0 Å². The molecule has 0 aromatic carbocycles. The van der Waals surface area contributed by atoms with E-state index in [-0.39, 0.29) is 56.5 Å². The fraction of sp³-hybridized carbons (Fsp3) is 0.556. The van der Waals surface area contributed by atoms with Crippen molar-refractivity contribution < 1.29 is 76.5 Å². The summed E-state index contributed by atoms with van der Waals surface area (Å²) in [5.74, 6) is -5.35. The number of aliphatic hydroxyl groups excluding tert-OH is 6. The summed E-state index contributed by atoms with van der Waals surface area (Å²) in [4.78, 5) is 74.3. The second-order valence-electron chi connectivity index (χ2n) is 9.64. The molecule has 0 atom stereocenters. The average molecular weight is 705 g/mol. The molecule has 18 nitrogen and oxygen atoms in total. The van der Waals surface area contributed by atoms with Crippen molar-refractivity contribution >= 4 is 35.4 Å². The van der Waals surface area contributed by atoms with Gasteiger partial charge in [0.15, 0.2) is 17.3 Å². The van der Waals surface area contributed by atoms with Crippen molar-refractivity contribution in [3.63, 3.8) is 0 Å². The molecule has 46 heavy (non-hydrogen) atoms. The summed E-state index contributed by atoms with van der Waals surface area (Å²) in [6.45, 7) is -0.0499. The van der Waals surface area contributed by atoms with Gasteiger partial charge in [0.2, 0.25) is 17.7 Å². The Morgan fingerprint density at radius 3 is 0.739 bits per heavy atom. The number of amides is 6. The quantitative estimate of drug-likeness (QED) is 0.0673. The summed E-state index contributed by atoms with van der Waals surface area (Å²) in [6.07, 6.45) is 2.49. The van der Waals surface area contributed by atoms with Gasteiger partial charge in [-0.1, -0.05) is 0 Å². The molecule has 0 aromatic rings. The van der Waals surface area contributed by atoms with Gasteiger partial charge in [0.1, 0.15) is 0 Å². The first-order valence-corrected chi connectivity index (χ1v) is 13.1. The van der Waals surface area contributed by atoms with Gasteiger partial charge in [0, 0.05) is 100 Å². The Labute approximate surface area is 279 Å². The summed E-state index contributed by atoms with van der Waals surface area (Å²) in [7, 11) is 13.2. The molecule has 0 saturated heterocycles. The molecule has 0 aliphatic carbocycles. The van der Waals surface area contributed by atoms with Crippen LogP contribution >= 0.6 is 0 Å². The van der Waals surface area contributed by atoms with Gasteiger partial charge in [0.05, 0.1) is 38.0 Å². The Morgan fingerprint density at radius 1 is 0.435 bits per heavy atom. The summed E-state index contributed by atoms with van der Waals surface area (Å²) >= 11 is 0. The topological polar surface area (TPSA) is 243 Å². The summed E-state index contributed by atoms with van der Waals surface area (Å²) in [5.41, 5.74) is 0. The molecule has 0 aliphatic heterocycles. The summed E-state index contributed by atoms with van der Waals surface area (Å²) in [6, 6.07) is 0. The van der Waals surface area contributed by atoms with Gasteiger partial charge >= 0.3 is 0 Å². The predicted molar refractivity (Wildman–Crippen MR) is 162 cm³/mol. The molecule has 6 amide bonds. The van der Waals surface area contributed by atoms with E-state index >= 15 is 0 Å². The van der Waals surface area contributed by atoms with Crippen LogP contribution in [-0.2, 0) is 45.8 Å². The Hall–Kier alpha value is -4.16. The van der Waals surface area contributed by atoms with E-state index in [1.807, 2.05) is 0 Å². The fourth-order valence-corrected chi connectivity index (χ4v) is 2.33. The SMILES string of the molecule is CN(C)C(=O)C(O)=CC(=O)N(C)CCO.CN(C)C(=O)C(O)=CC(=O)N(C)CCO.CN(C)C(=O)C(O)=CC(=O)N(C)CCO.[Fe]. The van der Waals surface area contributed by atoms with Crippen molar-refractivity contribution in [2.24, 2.45) is 0 Å². The summed E-state index contributed by atoms with van der Waals surface area (Å²) in [5, 5.41) is 53.4. The number of likely N-dealkylation sites (N-methyl/N-ethyl adjacent to an activating group) is 6. The number of rotatable bonds is 12. The van der Waals surface area contributed by atoms with Crippen LogP contribution in [0.25, 0.3) is 0 Å². The normalized spacial score (nSPS) is 10.8. The number of carbonyl (C=O) groups excluding carboxylic acids is 6. The van der Waals surface area contributed by atoms with Gasteiger partial charge in [-0.3, -0.25) is 28.8 Å². The van der Waals surface area contributed by atoms with E-state index in [1.54, 1.807) is 0 Å². The molecule has 0 rings (SSSR count). The van der Waals surface area contributed by atoms with Crippen LogP contribution < -0.4 is 0 Å². The summed E-state index contributed by atoms with van der Waals surface area (Å²) < 4.78 is 0.